The van der Waals surface area contributed by atoms with Crippen LogP contribution in [0.4, 0.5) is 5.13 Å². The molecule has 8 nitrogen and oxygen atoms in total. The monoisotopic (exact) mass is 402 g/mol. The van der Waals surface area contributed by atoms with Gasteiger partial charge < -0.3 is 14.6 Å². The maximum Gasteiger partial charge on any atom is 0.273 e. The van der Waals surface area contributed by atoms with E-state index in [1.807, 2.05) is 5.51 Å². The van der Waals surface area contributed by atoms with E-state index in [1.165, 1.54) is 31.9 Å². The van der Waals surface area contributed by atoms with Crippen LogP contribution in [0.1, 0.15) is 42.1 Å². The zero-order chi connectivity index (χ0) is 19.1. The van der Waals surface area contributed by atoms with Crippen LogP contribution in [-0.2, 0) is 0 Å². The van der Waals surface area contributed by atoms with Gasteiger partial charge in [0.05, 0.1) is 0 Å². The van der Waals surface area contributed by atoms with Crippen LogP contribution in [-0.4, -0.2) is 64.3 Å². The van der Waals surface area contributed by atoms with Crippen molar-refractivity contribution < 1.29 is 9.21 Å². The second kappa shape index (κ2) is 7.44. The molecular weight excluding hydrogens is 376 g/mol. The Balaban J connectivity index is 1.33. The van der Waals surface area contributed by atoms with Crippen molar-refractivity contribution in [1.29, 1.82) is 0 Å². The van der Waals surface area contributed by atoms with Gasteiger partial charge >= 0.3 is 0 Å². The third kappa shape index (κ3) is 3.30. The molecule has 28 heavy (non-hydrogen) atoms. The van der Waals surface area contributed by atoms with E-state index in [2.05, 4.69) is 30.3 Å². The minimum absolute atomic E-state index is 0.149. The number of aryl methyl sites for hydroxylation is 1. The average molecular weight is 403 g/mol. The number of nitrogens with one attached hydrogen (secondary N) is 1. The summed E-state index contributed by atoms with van der Waals surface area (Å²) in [6.07, 6.45) is 6.48. The smallest absolute Gasteiger partial charge is 0.273 e. The molecule has 0 saturated carbocycles. The maximum atomic E-state index is 12.5. The quantitative estimate of drug-likeness (QED) is 0.836. The molecule has 3 saturated heterocycles. The minimum atomic E-state index is -0.149. The van der Waals surface area contributed by atoms with Crippen molar-refractivity contribution in [2.24, 2.45) is 11.8 Å². The van der Waals surface area contributed by atoms with E-state index in [0.29, 0.717) is 42.0 Å². The third-order valence-corrected chi connectivity index (χ3v) is 7.31. The van der Waals surface area contributed by atoms with Gasteiger partial charge in [0.2, 0.25) is 5.13 Å². The number of piperidine rings is 3. The number of amides is 1. The number of oxazole rings is 1. The Bertz CT molecular complexity index is 824. The first-order chi connectivity index (χ1) is 13.7. The highest BCUT2D eigenvalue weighted by Gasteiger charge is 2.47. The van der Waals surface area contributed by atoms with Crippen LogP contribution in [0.2, 0.25) is 0 Å². The predicted molar refractivity (Wildman–Crippen MR) is 105 cm³/mol. The summed E-state index contributed by atoms with van der Waals surface area (Å²) in [7, 11) is 0. The molecule has 9 heteroatoms. The SMILES string of the molecule is Cc1nc(C(=O)NC[C@H]2[C@H]3C[C@H](CN(c4nncs4)C3)[C@@H]3CCCCN32)co1. The second-order valence-electron chi connectivity index (χ2n) is 8.21. The lowest BCUT2D eigenvalue weighted by Crippen LogP contribution is -2.65. The standard InChI is InChI=1S/C19H26N6O2S/c1-12-22-15(10-27-12)18(26)20-7-17-14-6-13(16-4-2-3-5-25(16)17)8-24(9-14)19-23-21-11-28-19/h10-11,13-14,16-17H,2-9H2,1H3,(H,20,26)/t13-,14+,16+,17+/m1/s1. The largest absolute Gasteiger partial charge is 0.448 e. The summed E-state index contributed by atoms with van der Waals surface area (Å²) in [5, 5.41) is 12.5. The summed E-state index contributed by atoms with van der Waals surface area (Å²) in [6, 6.07) is 0.964. The van der Waals surface area contributed by atoms with Gasteiger partial charge in [-0.25, -0.2) is 4.98 Å². The van der Waals surface area contributed by atoms with Crippen LogP contribution in [0.3, 0.4) is 0 Å². The van der Waals surface area contributed by atoms with Gasteiger partial charge in [0, 0.05) is 38.6 Å². The molecular formula is C19H26N6O2S. The summed E-state index contributed by atoms with van der Waals surface area (Å²) in [5.74, 6) is 1.57. The molecule has 0 unspecified atom stereocenters. The molecule has 3 fully saturated rings. The van der Waals surface area contributed by atoms with Crippen molar-refractivity contribution in [2.75, 3.05) is 31.1 Å². The van der Waals surface area contributed by atoms with Gasteiger partial charge in [-0.15, -0.1) is 10.2 Å². The van der Waals surface area contributed by atoms with Crippen LogP contribution in [0.25, 0.3) is 0 Å². The molecule has 2 bridgehead atoms. The number of carbonyl (C=O) groups is 1. The van der Waals surface area contributed by atoms with E-state index in [0.717, 1.165) is 24.8 Å². The average Bonchev–Trinajstić information content (AvgIpc) is 3.39. The normalized spacial score (nSPS) is 30.1. The summed E-state index contributed by atoms with van der Waals surface area (Å²) in [4.78, 5) is 21.8. The molecule has 0 spiro atoms. The van der Waals surface area contributed by atoms with Crippen molar-refractivity contribution in [1.82, 2.24) is 25.4 Å². The van der Waals surface area contributed by atoms with E-state index in [-0.39, 0.29) is 5.91 Å². The van der Waals surface area contributed by atoms with E-state index in [1.54, 1.807) is 18.3 Å². The number of hydrogen-bond donors (Lipinski definition) is 1. The fraction of sp³-hybridized carbons (Fsp3) is 0.684. The van der Waals surface area contributed by atoms with Gasteiger partial charge in [0.15, 0.2) is 11.6 Å². The van der Waals surface area contributed by atoms with Gasteiger partial charge in [-0.05, 0) is 37.6 Å². The molecule has 3 aliphatic rings. The Labute approximate surface area is 168 Å². The first-order valence-electron chi connectivity index (χ1n) is 10.2. The van der Waals surface area contributed by atoms with E-state index in [9.17, 15) is 4.79 Å². The van der Waals surface area contributed by atoms with Crippen molar-refractivity contribution in [3.8, 4) is 0 Å². The number of carbonyl (C=O) groups excluding carboxylic acids is 1. The number of fused-ring (bicyclic) bond motifs is 4. The van der Waals surface area contributed by atoms with Gasteiger partial charge in [-0.1, -0.05) is 17.8 Å². The summed E-state index contributed by atoms with van der Waals surface area (Å²) in [5.41, 5.74) is 2.17. The zero-order valence-electron chi connectivity index (χ0n) is 16.1. The first kappa shape index (κ1) is 18.1. The molecule has 1 N–H and O–H groups in total. The Morgan fingerprint density at radius 2 is 2.25 bits per heavy atom. The van der Waals surface area contributed by atoms with Gasteiger partial charge in [0.1, 0.15) is 11.8 Å². The second-order valence-corrected chi connectivity index (χ2v) is 9.02. The lowest BCUT2D eigenvalue weighted by atomic mass is 9.72. The Morgan fingerprint density at radius 1 is 1.36 bits per heavy atom. The minimum Gasteiger partial charge on any atom is -0.448 e. The van der Waals surface area contributed by atoms with E-state index < -0.39 is 0 Å². The summed E-state index contributed by atoms with van der Waals surface area (Å²) >= 11 is 1.62. The van der Waals surface area contributed by atoms with Crippen LogP contribution in [0.15, 0.2) is 16.2 Å². The Kier molecular flexibility index (Phi) is 4.80. The molecule has 0 radical (unpaired) electrons. The Hall–Kier alpha value is -2.00. The zero-order valence-corrected chi connectivity index (χ0v) is 16.9. The van der Waals surface area contributed by atoms with Crippen molar-refractivity contribution >= 4 is 22.4 Å². The fourth-order valence-corrected chi connectivity index (χ4v) is 5.99. The molecule has 0 aromatic carbocycles. The van der Waals surface area contributed by atoms with Gasteiger partial charge in [0.25, 0.3) is 5.91 Å². The van der Waals surface area contributed by atoms with Crippen LogP contribution in [0, 0.1) is 18.8 Å². The molecule has 5 heterocycles. The first-order valence-corrected chi connectivity index (χ1v) is 11.0. The van der Waals surface area contributed by atoms with Crippen LogP contribution in [0.5, 0.6) is 0 Å². The van der Waals surface area contributed by atoms with E-state index >= 15 is 0 Å². The highest BCUT2D eigenvalue weighted by molar-refractivity contribution is 7.13. The van der Waals surface area contributed by atoms with Gasteiger partial charge in [-0.2, -0.15) is 0 Å². The molecule has 3 aliphatic heterocycles. The number of anilines is 1. The molecule has 5 rings (SSSR count). The Morgan fingerprint density at radius 3 is 3.04 bits per heavy atom. The number of hydrogen-bond acceptors (Lipinski definition) is 8. The highest BCUT2D eigenvalue weighted by atomic mass is 32.1. The molecule has 1 amide bonds. The van der Waals surface area contributed by atoms with Crippen molar-refractivity contribution in [2.45, 2.75) is 44.7 Å². The number of aromatic nitrogens is 3. The summed E-state index contributed by atoms with van der Waals surface area (Å²) < 4.78 is 5.18. The highest BCUT2D eigenvalue weighted by Crippen LogP contribution is 2.42. The lowest BCUT2D eigenvalue weighted by molar-refractivity contribution is -0.0306. The molecule has 2 aromatic rings. The molecule has 2 aromatic heterocycles. The maximum absolute atomic E-state index is 12.5. The lowest BCUT2D eigenvalue weighted by Gasteiger charge is -2.56. The van der Waals surface area contributed by atoms with Crippen molar-refractivity contribution in [3.05, 3.63) is 23.4 Å². The van der Waals surface area contributed by atoms with Crippen LogP contribution < -0.4 is 10.2 Å². The number of rotatable bonds is 4. The third-order valence-electron chi connectivity index (χ3n) is 6.56. The van der Waals surface area contributed by atoms with Crippen LogP contribution >= 0.6 is 11.3 Å². The predicted octanol–water partition coefficient (Wildman–Crippen LogP) is 1.94. The fourth-order valence-electron chi connectivity index (χ4n) is 5.41. The molecule has 0 aliphatic carbocycles. The van der Waals surface area contributed by atoms with Crippen molar-refractivity contribution in [3.63, 3.8) is 0 Å². The topological polar surface area (TPSA) is 87.4 Å². The molecule has 150 valence electrons. The molecule has 4 atom stereocenters. The number of nitrogens with zero attached hydrogens (tertiary/aromatic N) is 5. The van der Waals surface area contributed by atoms with Gasteiger partial charge in [-0.3, -0.25) is 9.69 Å². The van der Waals surface area contributed by atoms with E-state index in [4.69, 9.17) is 4.42 Å². The summed E-state index contributed by atoms with van der Waals surface area (Å²) in [6.45, 7) is 5.60.